The number of esters is 1. The van der Waals surface area contributed by atoms with E-state index >= 15 is 0 Å². The molecule has 26 heavy (non-hydrogen) atoms. The number of benzene rings is 1. The highest BCUT2D eigenvalue weighted by atomic mass is 16.5. The van der Waals surface area contributed by atoms with Crippen molar-refractivity contribution in [2.75, 3.05) is 7.11 Å². The fourth-order valence-corrected chi connectivity index (χ4v) is 2.33. The third-order valence-electron chi connectivity index (χ3n) is 3.89. The molecule has 0 fully saturated rings. The number of phenolic OH excluding ortho intramolecular Hbond substituents is 1. The van der Waals surface area contributed by atoms with Gasteiger partial charge in [-0.1, -0.05) is 12.1 Å². The Balaban J connectivity index is 2.40. The molecule has 0 bridgehead atoms. The van der Waals surface area contributed by atoms with Crippen molar-refractivity contribution in [1.82, 2.24) is 9.13 Å². The summed E-state index contributed by atoms with van der Waals surface area (Å²) in [6.45, 7) is 0. The Bertz CT molecular complexity index is 956. The molecule has 2 aromatic rings. The molecule has 0 aliphatic heterocycles. The van der Waals surface area contributed by atoms with Crippen molar-refractivity contribution in [3.63, 3.8) is 0 Å². The minimum atomic E-state index is -0.967. The molecule has 1 aromatic heterocycles. The van der Waals surface area contributed by atoms with Gasteiger partial charge in [0.15, 0.2) is 6.04 Å². The van der Waals surface area contributed by atoms with Crippen molar-refractivity contribution in [2.45, 2.75) is 12.5 Å². The summed E-state index contributed by atoms with van der Waals surface area (Å²) in [6, 6.07) is 5.24. The van der Waals surface area contributed by atoms with E-state index in [9.17, 15) is 24.6 Å². The Morgan fingerprint density at radius 1 is 1.19 bits per heavy atom. The molecule has 9 nitrogen and oxygen atoms in total. The zero-order valence-corrected chi connectivity index (χ0v) is 14.5. The average Bonchev–Trinajstić information content (AvgIpc) is 2.64. The number of hydrogen-bond donors (Lipinski definition) is 2. The van der Waals surface area contributed by atoms with Gasteiger partial charge in [-0.25, -0.2) is 9.59 Å². The van der Waals surface area contributed by atoms with Crippen LogP contribution in [0.3, 0.4) is 0 Å². The quantitative estimate of drug-likeness (QED) is 0.557. The second kappa shape index (κ2) is 7.68. The van der Waals surface area contributed by atoms with Gasteiger partial charge in [0.1, 0.15) is 11.3 Å². The van der Waals surface area contributed by atoms with Crippen LogP contribution in [0, 0.1) is 0 Å². The van der Waals surface area contributed by atoms with Gasteiger partial charge in [-0.15, -0.1) is 0 Å². The minimum absolute atomic E-state index is 0.0884. The van der Waals surface area contributed by atoms with Gasteiger partial charge in [-0.3, -0.25) is 18.9 Å². The van der Waals surface area contributed by atoms with E-state index in [-0.39, 0.29) is 17.7 Å². The highest BCUT2D eigenvalue weighted by Gasteiger charge is 2.20. The van der Waals surface area contributed by atoms with Crippen molar-refractivity contribution in [3.05, 3.63) is 56.2 Å². The first-order valence-electron chi connectivity index (χ1n) is 7.64. The van der Waals surface area contributed by atoms with E-state index in [0.29, 0.717) is 5.56 Å². The van der Waals surface area contributed by atoms with Crippen LogP contribution in [0.2, 0.25) is 0 Å². The number of hydrogen-bond acceptors (Lipinski definition) is 7. The van der Waals surface area contributed by atoms with Crippen LogP contribution in [-0.4, -0.2) is 44.7 Å². The lowest BCUT2D eigenvalue weighted by molar-refractivity contribution is -0.142. The van der Waals surface area contributed by atoms with E-state index in [1.54, 1.807) is 12.1 Å². The zero-order chi connectivity index (χ0) is 19.4. The lowest BCUT2D eigenvalue weighted by Gasteiger charge is -2.11. The molecule has 0 aliphatic rings. The van der Waals surface area contributed by atoms with Gasteiger partial charge >= 0.3 is 11.7 Å². The van der Waals surface area contributed by atoms with Crippen molar-refractivity contribution in [1.29, 1.82) is 0 Å². The standard InChI is InChI=1S/C17H19N3O6/c1-19-14(22)12(15(23)20(2)17(19)25)9-18-13(16(24)26-3)8-10-4-6-11(21)7-5-10/h4-7,9,13,21-22H,8H2,1-3H3/t13-/m1/s1. The summed E-state index contributed by atoms with van der Waals surface area (Å²) in [5.74, 6) is -1.09. The molecule has 0 unspecified atom stereocenters. The summed E-state index contributed by atoms with van der Waals surface area (Å²) in [4.78, 5) is 40.0. The molecule has 0 saturated heterocycles. The van der Waals surface area contributed by atoms with Gasteiger partial charge in [0, 0.05) is 26.7 Å². The predicted octanol–water partition coefficient (Wildman–Crippen LogP) is -0.302. The Kier molecular flexibility index (Phi) is 5.61. The molecule has 138 valence electrons. The summed E-state index contributed by atoms with van der Waals surface area (Å²) in [7, 11) is 3.79. The van der Waals surface area contributed by atoms with Crippen LogP contribution < -0.4 is 11.2 Å². The monoisotopic (exact) mass is 361 g/mol. The number of aliphatic imine (C=N–C) groups is 1. The van der Waals surface area contributed by atoms with Gasteiger partial charge in [0.2, 0.25) is 5.88 Å². The topological polar surface area (TPSA) is 123 Å². The number of methoxy groups -OCH3 is 1. The number of phenols is 1. The van der Waals surface area contributed by atoms with Crippen LogP contribution in [0.4, 0.5) is 0 Å². The maximum absolute atomic E-state index is 12.2. The summed E-state index contributed by atoms with van der Waals surface area (Å²) in [6.07, 6.45) is 1.22. The molecule has 0 amide bonds. The zero-order valence-electron chi connectivity index (χ0n) is 14.5. The number of ether oxygens (including phenoxy) is 1. The highest BCUT2D eigenvalue weighted by Crippen LogP contribution is 2.14. The van der Waals surface area contributed by atoms with E-state index in [1.165, 1.54) is 33.3 Å². The van der Waals surface area contributed by atoms with Crippen LogP contribution in [0.1, 0.15) is 11.1 Å². The van der Waals surface area contributed by atoms with E-state index in [4.69, 9.17) is 4.74 Å². The van der Waals surface area contributed by atoms with Crippen molar-refractivity contribution in [3.8, 4) is 11.6 Å². The molecule has 0 saturated carbocycles. The van der Waals surface area contributed by atoms with Gasteiger partial charge in [-0.2, -0.15) is 0 Å². The van der Waals surface area contributed by atoms with Crippen molar-refractivity contribution >= 4 is 12.2 Å². The van der Waals surface area contributed by atoms with Crippen LogP contribution in [0.25, 0.3) is 0 Å². The molecule has 0 spiro atoms. The second-order valence-corrected chi connectivity index (χ2v) is 5.63. The summed E-state index contributed by atoms with van der Waals surface area (Å²) in [5.41, 5.74) is -0.914. The third-order valence-corrected chi connectivity index (χ3v) is 3.89. The van der Waals surface area contributed by atoms with Crippen LogP contribution >= 0.6 is 0 Å². The highest BCUT2D eigenvalue weighted by molar-refractivity contribution is 5.85. The molecule has 0 radical (unpaired) electrons. The fourth-order valence-electron chi connectivity index (χ4n) is 2.33. The van der Waals surface area contributed by atoms with Gasteiger partial charge in [0.25, 0.3) is 5.56 Å². The molecular weight excluding hydrogens is 342 g/mol. The average molecular weight is 361 g/mol. The summed E-state index contributed by atoms with van der Waals surface area (Å²) >= 11 is 0. The van der Waals surface area contributed by atoms with Crippen molar-refractivity contribution < 1.29 is 19.7 Å². The number of nitrogens with zero attached hydrogens (tertiary/aromatic N) is 3. The maximum atomic E-state index is 12.2. The largest absolute Gasteiger partial charge is 0.508 e. The van der Waals surface area contributed by atoms with Gasteiger partial charge < -0.3 is 14.9 Å². The van der Waals surface area contributed by atoms with E-state index in [2.05, 4.69) is 4.99 Å². The van der Waals surface area contributed by atoms with E-state index in [1.807, 2.05) is 0 Å². The van der Waals surface area contributed by atoms with E-state index in [0.717, 1.165) is 15.3 Å². The summed E-state index contributed by atoms with van der Waals surface area (Å²) < 4.78 is 6.45. The fraction of sp³-hybridized carbons (Fsp3) is 0.294. The number of aromatic nitrogens is 2. The molecule has 2 rings (SSSR count). The Morgan fingerprint density at radius 2 is 1.81 bits per heavy atom. The lowest BCUT2D eigenvalue weighted by atomic mass is 10.1. The first kappa shape index (κ1) is 19.0. The number of rotatable bonds is 5. The molecule has 1 heterocycles. The Labute approximate surface area is 148 Å². The molecule has 1 atom stereocenters. The first-order valence-corrected chi connectivity index (χ1v) is 7.64. The molecular formula is C17H19N3O6. The second-order valence-electron chi connectivity index (χ2n) is 5.63. The SMILES string of the molecule is COC(=O)[C@@H](Cc1ccc(O)cc1)N=Cc1c(O)n(C)c(=O)n(C)c1=O. The Morgan fingerprint density at radius 3 is 2.38 bits per heavy atom. The summed E-state index contributed by atoms with van der Waals surface area (Å²) in [5, 5.41) is 19.3. The Hall–Kier alpha value is -3.36. The van der Waals surface area contributed by atoms with Gasteiger partial charge in [-0.05, 0) is 17.7 Å². The normalized spacial score (nSPS) is 12.3. The van der Waals surface area contributed by atoms with Crippen LogP contribution in [0.5, 0.6) is 11.6 Å². The number of carbonyl (C=O) groups excluding carboxylic acids is 1. The molecule has 9 heteroatoms. The minimum Gasteiger partial charge on any atom is -0.508 e. The molecule has 2 N–H and O–H groups in total. The molecule has 0 aliphatic carbocycles. The van der Waals surface area contributed by atoms with Crippen molar-refractivity contribution in [2.24, 2.45) is 19.1 Å². The van der Waals surface area contributed by atoms with Crippen LogP contribution in [0.15, 0.2) is 38.8 Å². The predicted molar refractivity (Wildman–Crippen MR) is 93.8 cm³/mol. The van der Waals surface area contributed by atoms with Crippen LogP contribution in [-0.2, 0) is 30.0 Å². The maximum Gasteiger partial charge on any atom is 0.333 e. The van der Waals surface area contributed by atoms with Gasteiger partial charge in [0.05, 0.1) is 7.11 Å². The van der Waals surface area contributed by atoms with E-state index < -0.39 is 29.1 Å². The lowest BCUT2D eigenvalue weighted by Crippen LogP contribution is -2.38. The number of aromatic hydroxyl groups is 2. The molecule has 1 aromatic carbocycles. The third kappa shape index (κ3) is 3.82. The first-order chi connectivity index (χ1) is 12.3. The number of carbonyl (C=O) groups is 1. The smallest absolute Gasteiger partial charge is 0.333 e.